The molecule has 4 aromatic rings. The van der Waals surface area contributed by atoms with E-state index in [2.05, 4.69) is 59.3 Å². The first-order chi connectivity index (χ1) is 19.1. The van der Waals surface area contributed by atoms with Gasteiger partial charge in [0.05, 0.1) is 25.0 Å². The van der Waals surface area contributed by atoms with E-state index >= 15 is 0 Å². The maximum Gasteiger partial charge on any atom is 0.163 e. The van der Waals surface area contributed by atoms with Gasteiger partial charge in [-0.2, -0.15) is 5.10 Å². The number of aryl methyl sites for hydroxylation is 1. The molecule has 3 aromatic heterocycles. The number of anilines is 1. The van der Waals surface area contributed by atoms with Crippen LogP contribution in [0.15, 0.2) is 30.3 Å². The molecule has 1 aromatic carbocycles. The molecule has 212 valence electrons. The van der Waals surface area contributed by atoms with Crippen LogP contribution in [-0.2, 0) is 30.9 Å². The van der Waals surface area contributed by atoms with Gasteiger partial charge in [-0.15, -0.1) is 0 Å². The van der Waals surface area contributed by atoms with Crippen LogP contribution in [-0.4, -0.2) is 53.2 Å². The van der Waals surface area contributed by atoms with E-state index in [0.717, 1.165) is 76.8 Å². The molecule has 0 bridgehead atoms. The normalized spacial score (nSPS) is 19.9. The highest BCUT2D eigenvalue weighted by molar-refractivity contribution is 6.76. The molecule has 2 aliphatic carbocycles. The zero-order valence-corrected chi connectivity index (χ0v) is 26.0. The minimum Gasteiger partial charge on any atom is -0.497 e. The molecule has 0 saturated heterocycles. The van der Waals surface area contributed by atoms with Gasteiger partial charge < -0.3 is 19.4 Å². The van der Waals surface area contributed by atoms with E-state index in [-0.39, 0.29) is 0 Å². The summed E-state index contributed by atoms with van der Waals surface area (Å²) in [6.45, 7) is 13.6. The number of methoxy groups -OCH3 is 1. The van der Waals surface area contributed by atoms with E-state index in [4.69, 9.17) is 24.5 Å². The van der Waals surface area contributed by atoms with Gasteiger partial charge in [-0.3, -0.25) is 0 Å². The lowest BCUT2D eigenvalue weighted by Gasteiger charge is -2.20. The zero-order chi connectivity index (χ0) is 28.2. The minimum atomic E-state index is -1.16. The topological polar surface area (TPSA) is 79.0 Å². The Morgan fingerprint density at radius 2 is 1.93 bits per heavy atom. The average molecular weight is 559 g/mol. The molecule has 0 unspecified atom stereocenters. The number of hydrogen-bond acceptors (Lipinski definition) is 6. The Bertz CT molecular complexity index is 1550. The quantitative estimate of drug-likeness (QED) is 0.186. The van der Waals surface area contributed by atoms with E-state index < -0.39 is 8.07 Å². The molecule has 0 amide bonds. The number of nitrogens with one attached hydrogen (secondary N) is 1. The van der Waals surface area contributed by atoms with Crippen molar-refractivity contribution in [3.8, 4) is 17.3 Å². The van der Waals surface area contributed by atoms with E-state index in [1.807, 2.05) is 26.1 Å². The standard InChI is InChI=1S/C31H42N6O2Si/c1-20-25(32-3)15-26-29(33-20)36(18-21-8-10-23(38-4)11-9-21)30(34-26)28-24-14-22-16-31(22,2)17-27(24)37(35-28)19-39-12-13-40(5,6)7/h8-11,15,22,32H,12-14,16-19H2,1-7H3/t22-,31-/m1/s1. The van der Waals surface area contributed by atoms with Crippen molar-refractivity contribution in [1.82, 2.24) is 24.3 Å². The van der Waals surface area contributed by atoms with Crippen molar-refractivity contribution in [3.63, 3.8) is 0 Å². The van der Waals surface area contributed by atoms with Crippen molar-refractivity contribution in [2.75, 3.05) is 26.1 Å². The van der Waals surface area contributed by atoms with Gasteiger partial charge in [0.15, 0.2) is 11.5 Å². The minimum absolute atomic E-state index is 0.393. The van der Waals surface area contributed by atoms with Gasteiger partial charge in [0, 0.05) is 33.0 Å². The van der Waals surface area contributed by atoms with Crippen LogP contribution in [0, 0.1) is 18.3 Å². The average Bonchev–Trinajstić information content (AvgIpc) is 3.31. The van der Waals surface area contributed by atoms with Crippen molar-refractivity contribution >= 4 is 24.9 Å². The van der Waals surface area contributed by atoms with Gasteiger partial charge >= 0.3 is 0 Å². The molecule has 1 N–H and O–H groups in total. The van der Waals surface area contributed by atoms with Crippen LogP contribution in [0.5, 0.6) is 5.75 Å². The molecule has 9 heteroatoms. The third-order valence-corrected chi connectivity index (χ3v) is 10.5. The summed E-state index contributed by atoms with van der Waals surface area (Å²) in [5.74, 6) is 2.45. The second-order valence-corrected chi connectivity index (χ2v) is 18.8. The van der Waals surface area contributed by atoms with Crippen LogP contribution < -0.4 is 10.1 Å². The van der Waals surface area contributed by atoms with Gasteiger partial charge in [0.2, 0.25) is 0 Å². The van der Waals surface area contributed by atoms with Crippen LogP contribution in [0.2, 0.25) is 25.7 Å². The number of aromatic nitrogens is 5. The first-order valence-electron chi connectivity index (χ1n) is 14.4. The monoisotopic (exact) mass is 558 g/mol. The van der Waals surface area contributed by atoms with Gasteiger partial charge in [-0.05, 0) is 67.3 Å². The predicted octanol–water partition coefficient (Wildman–Crippen LogP) is 6.14. The third-order valence-electron chi connectivity index (χ3n) is 8.83. The number of benzene rings is 1. The number of rotatable bonds is 10. The van der Waals surface area contributed by atoms with E-state index in [0.29, 0.717) is 18.7 Å². The molecule has 6 rings (SSSR count). The third kappa shape index (κ3) is 5.05. The Morgan fingerprint density at radius 3 is 2.62 bits per heavy atom. The zero-order valence-electron chi connectivity index (χ0n) is 25.0. The summed E-state index contributed by atoms with van der Waals surface area (Å²) in [6, 6.07) is 11.5. The Hall–Kier alpha value is -3.17. The number of nitrogens with zero attached hydrogens (tertiary/aromatic N) is 5. The lowest BCUT2D eigenvalue weighted by atomic mass is 9.87. The highest BCUT2D eigenvalue weighted by Gasteiger charge is 2.54. The van der Waals surface area contributed by atoms with Gasteiger partial charge in [0.25, 0.3) is 0 Å². The lowest BCUT2D eigenvalue weighted by Crippen LogP contribution is -2.23. The van der Waals surface area contributed by atoms with Crippen LogP contribution in [0.1, 0.15) is 35.9 Å². The molecule has 1 fully saturated rings. The maximum atomic E-state index is 6.22. The maximum absolute atomic E-state index is 6.22. The SMILES string of the molecule is CNc1cc2nc(-c3nn(COCC[Si](C)(C)C)c4c3C[C@@H]3C[C@]3(C)C4)n(Cc3ccc(OC)cc3)c2nc1C. The number of imidazole rings is 1. The van der Waals surface area contributed by atoms with E-state index in [9.17, 15) is 0 Å². The second kappa shape index (κ2) is 10.0. The van der Waals surface area contributed by atoms with Crippen LogP contribution in [0.4, 0.5) is 5.69 Å². The van der Waals surface area contributed by atoms with E-state index in [1.165, 1.54) is 17.7 Å². The van der Waals surface area contributed by atoms with Crippen molar-refractivity contribution < 1.29 is 9.47 Å². The summed E-state index contributed by atoms with van der Waals surface area (Å²) < 4.78 is 16.0. The number of pyridine rings is 1. The Balaban J connectivity index is 1.44. The molecule has 0 radical (unpaired) electrons. The number of ether oxygens (including phenoxy) is 2. The lowest BCUT2D eigenvalue weighted by molar-refractivity contribution is 0.0757. The molecule has 2 atom stereocenters. The van der Waals surface area contributed by atoms with Crippen LogP contribution >= 0.6 is 0 Å². The molecule has 0 spiro atoms. The smallest absolute Gasteiger partial charge is 0.163 e. The number of hydrogen-bond donors (Lipinski definition) is 1. The van der Waals surface area contributed by atoms with Gasteiger partial charge in [-0.25, -0.2) is 14.6 Å². The highest BCUT2D eigenvalue weighted by Crippen LogP contribution is 2.60. The fourth-order valence-corrected chi connectivity index (χ4v) is 6.82. The molecule has 0 aliphatic heterocycles. The molecule has 40 heavy (non-hydrogen) atoms. The Kier molecular flexibility index (Phi) is 6.77. The summed E-state index contributed by atoms with van der Waals surface area (Å²) in [6.07, 6.45) is 3.39. The van der Waals surface area contributed by atoms with Crippen molar-refractivity contribution in [2.45, 2.75) is 72.1 Å². The molecule has 3 heterocycles. The molecule has 8 nitrogen and oxygen atoms in total. The van der Waals surface area contributed by atoms with Gasteiger partial charge in [-0.1, -0.05) is 38.7 Å². The van der Waals surface area contributed by atoms with Crippen molar-refractivity contribution in [2.24, 2.45) is 11.3 Å². The molecule has 2 aliphatic rings. The largest absolute Gasteiger partial charge is 0.497 e. The van der Waals surface area contributed by atoms with Gasteiger partial charge in [0.1, 0.15) is 23.7 Å². The van der Waals surface area contributed by atoms with Crippen LogP contribution in [0.25, 0.3) is 22.7 Å². The van der Waals surface area contributed by atoms with Crippen LogP contribution in [0.3, 0.4) is 0 Å². The van der Waals surface area contributed by atoms with E-state index in [1.54, 1.807) is 7.11 Å². The predicted molar refractivity (Wildman–Crippen MR) is 163 cm³/mol. The molecular weight excluding hydrogens is 516 g/mol. The summed E-state index contributed by atoms with van der Waals surface area (Å²) in [7, 11) is 2.47. The molecule has 1 saturated carbocycles. The van der Waals surface area contributed by atoms with Crippen molar-refractivity contribution in [3.05, 3.63) is 52.8 Å². The highest BCUT2D eigenvalue weighted by atomic mass is 28.3. The fraction of sp³-hybridized carbons (Fsp3) is 0.516. The number of fused-ring (bicyclic) bond motifs is 3. The summed E-state index contributed by atoms with van der Waals surface area (Å²) >= 11 is 0. The first kappa shape index (κ1) is 27.0. The fourth-order valence-electron chi connectivity index (χ4n) is 6.06. The second-order valence-electron chi connectivity index (χ2n) is 13.1. The first-order valence-corrected chi connectivity index (χ1v) is 18.1. The Morgan fingerprint density at radius 1 is 1.15 bits per heavy atom. The molecular formula is C31H42N6O2Si. The Labute approximate surface area is 238 Å². The summed E-state index contributed by atoms with van der Waals surface area (Å²) in [5, 5.41) is 8.50. The van der Waals surface area contributed by atoms with Crippen molar-refractivity contribution in [1.29, 1.82) is 0 Å². The summed E-state index contributed by atoms with van der Waals surface area (Å²) in [5.41, 5.74) is 8.89. The summed E-state index contributed by atoms with van der Waals surface area (Å²) in [4.78, 5) is 10.2.